The number of amides is 2. The molecule has 6 heteroatoms. The van der Waals surface area contributed by atoms with Gasteiger partial charge in [0.25, 0.3) is 0 Å². The molecule has 0 unspecified atom stereocenters. The van der Waals surface area contributed by atoms with E-state index < -0.39 is 0 Å². The molecule has 1 fully saturated rings. The van der Waals surface area contributed by atoms with Gasteiger partial charge in [0.1, 0.15) is 5.82 Å². The normalized spacial score (nSPS) is 14.4. The topological polar surface area (TPSA) is 65.2 Å². The quantitative estimate of drug-likeness (QED) is 0.690. The summed E-state index contributed by atoms with van der Waals surface area (Å²) in [4.78, 5) is 29.0. The lowest BCUT2D eigenvalue weighted by Crippen LogP contribution is -2.42. The second-order valence-corrected chi connectivity index (χ2v) is 7.53. The largest absolute Gasteiger partial charge is 0.354 e. The minimum Gasteiger partial charge on any atom is -0.354 e. The minimum atomic E-state index is -0.262. The fourth-order valence-corrected chi connectivity index (χ4v) is 3.88. The second kappa shape index (κ2) is 8.07. The van der Waals surface area contributed by atoms with Crippen LogP contribution in [-0.2, 0) is 16.1 Å². The number of nitrogens with one attached hydrogen (secondary N) is 2. The van der Waals surface area contributed by atoms with Crippen LogP contribution < -0.4 is 5.32 Å². The number of aromatic amines is 1. The van der Waals surface area contributed by atoms with Gasteiger partial charge in [0.05, 0.1) is 12.2 Å². The molecule has 2 N–H and O–H groups in total. The van der Waals surface area contributed by atoms with Crippen molar-refractivity contribution in [1.29, 1.82) is 0 Å². The van der Waals surface area contributed by atoms with Gasteiger partial charge in [-0.1, -0.05) is 18.2 Å². The Balaban J connectivity index is 1.48. The van der Waals surface area contributed by atoms with Crippen LogP contribution in [0.25, 0.3) is 22.2 Å². The lowest BCUT2D eigenvalue weighted by molar-refractivity contribution is -0.137. The standard InChI is InChI=1S/C23H24FN3O2/c1-15-18-12-16(13-25-21(28)14-27-11-5-4-8-22(27)29)9-10-20(18)26-23(15)17-6-2-3-7-19(17)24/h2-3,6-7,9-10,12,26H,4-5,8,11,13-14H2,1H3,(H,25,28). The molecule has 29 heavy (non-hydrogen) atoms. The van der Waals surface area contributed by atoms with Crippen molar-refractivity contribution in [3.05, 3.63) is 59.4 Å². The molecule has 1 aromatic heterocycles. The maximum Gasteiger partial charge on any atom is 0.239 e. The van der Waals surface area contributed by atoms with E-state index in [9.17, 15) is 14.0 Å². The number of aryl methyl sites for hydroxylation is 1. The van der Waals surface area contributed by atoms with E-state index in [1.807, 2.05) is 31.2 Å². The third kappa shape index (κ3) is 4.01. The summed E-state index contributed by atoms with van der Waals surface area (Å²) in [5.74, 6) is -0.364. The number of nitrogens with zero attached hydrogens (tertiary/aromatic N) is 1. The first-order valence-corrected chi connectivity index (χ1v) is 9.93. The molecular formula is C23H24FN3O2. The van der Waals surface area contributed by atoms with Crippen LogP contribution in [0.3, 0.4) is 0 Å². The van der Waals surface area contributed by atoms with E-state index in [0.717, 1.165) is 40.6 Å². The molecule has 0 aliphatic carbocycles. The number of fused-ring (bicyclic) bond motifs is 1. The van der Waals surface area contributed by atoms with Gasteiger partial charge in [0.2, 0.25) is 11.8 Å². The number of benzene rings is 2. The minimum absolute atomic E-state index is 0.0523. The molecule has 4 rings (SSSR count). The summed E-state index contributed by atoms with van der Waals surface area (Å²) >= 11 is 0. The summed E-state index contributed by atoms with van der Waals surface area (Å²) < 4.78 is 14.2. The zero-order valence-corrected chi connectivity index (χ0v) is 16.4. The summed E-state index contributed by atoms with van der Waals surface area (Å²) in [6, 6.07) is 12.6. The van der Waals surface area contributed by atoms with Crippen LogP contribution in [0, 0.1) is 12.7 Å². The van der Waals surface area contributed by atoms with Gasteiger partial charge < -0.3 is 15.2 Å². The van der Waals surface area contributed by atoms with Crippen molar-refractivity contribution >= 4 is 22.7 Å². The Hall–Kier alpha value is -3.15. The van der Waals surface area contributed by atoms with Crippen molar-refractivity contribution in [1.82, 2.24) is 15.2 Å². The first-order chi connectivity index (χ1) is 14.0. The van der Waals surface area contributed by atoms with Gasteiger partial charge in [0, 0.05) is 36.0 Å². The van der Waals surface area contributed by atoms with Crippen LogP contribution in [0.15, 0.2) is 42.5 Å². The fraction of sp³-hybridized carbons (Fsp3) is 0.304. The molecule has 2 heterocycles. The highest BCUT2D eigenvalue weighted by Crippen LogP contribution is 2.31. The van der Waals surface area contributed by atoms with Crippen molar-refractivity contribution in [2.24, 2.45) is 0 Å². The Morgan fingerprint density at radius 2 is 2.03 bits per heavy atom. The molecule has 5 nitrogen and oxygen atoms in total. The summed E-state index contributed by atoms with van der Waals surface area (Å²) in [6.45, 7) is 3.11. The third-order valence-electron chi connectivity index (χ3n) is 5.51. The highest BCUT2D eigenvalue weighted by atomic mass is 19.1. The van der Waals surface area contributed by atoms with E-state index in [4.69, 9.17) is 0 Å². The smallest absolute Gasteiger partial charge is 0.239 e. The van der Waals surface area contributed by atoms with Gasteiger partial charge in [-0.05, 0) is 55.2 Å². The number of halogens is 1. The van der Waals surface area contributed by atoms with Crippen LogP contribution >= 0.6 is 0 Å². The Bertz CT molecular complexity index is 1070. The zero-order chi connectivity index (χ0) is 20.4. The zero-order valence-electron chi connectivity index (χ0n) is 16.4. The predicted octanol–water partition coefficient (Wildman–Crippen LogP) is 3.91. The lowest BCUT2D eigenvalue weighted by atomic mass is 10.0. The molecule has 0 spiro atoms. The molecule has 0 radical (unpaired) electrons. The number of carbonyl (C=O) groups excluding carboxylic acids is 2. The van der Waals surface area contributed by atoms with Crippen LogP contribution in [0.4, 0.5) is 4.39 Å². The van der Waals surface area contributed by atoms with Crippen molar-refractivity contribution in [3.8, 4) is 11.3 Å². The van der Waals surface area contributed by atoms with Gasteiger partial charge in [-0.3, -0.25) is 9.59 Å². The highest BCUT2D eigenvalue weighted by molar-refractivity contribution is 5.91. The molecule has 0 atom stereocenters. The van der Waals surface area contributed by atoms with Gasteiger partial charge >= 0.3 is 0 Å². The van der Waals surface area contributed by atoms with E-state index in [2.05, 4.69) is 10.3 Å². The van der Waals surface area contributed by atoms with Gasteiger partial charge in [-0.2, -0.15) is 0 Å². The SMILES string of the molecule is Cc1c(-c2ccccc2F)[nH]c2ccc(CNC(=O)CN3CCCCC3=O)cc12. The molecule has 3 aromatic rings. The highest BCUT2D eigenvalue weighted by Gasteiger charge is 2.20. The molecule has 1 aliphatic rings. The van der Waals surface area contributed by atoms with Crippen molar-refractivity contribution in [3.63, 3.8) is 0 Å². The maximum atomic E-state index is 14.2. The monoisotopic (exact) mass is 393 g/mol. The molecule has 1 saturated heterocycles. The van der Waals surface area contributed by atoms with Crippen molar-refractivity contribution < 1.29 is 14.0 Å². The first kappa shape index (κ1) is 19.2. The first-order valence-electron chi connectivity index (χ1n) is 9.93. The summed E-state index contributed by atoms with van der Waals surface area (Å²) in [5.41, 5.74) is 4.16. The molecule has 0 bridgehead atoms. The average molecular weight is 393 g/mol. The molecule has 2 aromatic carbocycles. The summed E-state index contributed by atoms with van der Waals surface area (Å²) in [6.07, 6.45) is 2.38. The second-order valence-electron chi connectivity index (χ2n) is 7.53. The van der Waals surface area contributed by atoms with Crippen LogP contribution in [-0.4, -0.2) is 34.8 Å². The van der Waals surface area contributed by atoms with E-state index in [1.54, 1.807) is 17.0 Å². The van der Waals surface area contributed by atoms with Gasteiger partial charge in [-0.15, -0.1) is 0 Å². The van der Waals surface area contributed by atoms with E-state index in [0.29, 0.717) is 25.1 Å². The molecule has 150 valence electrons. The number of piperidine rings is 1. The predicted molar refractivity (Wildman–Crippen MR) is 111 cm³/mol. The molecular weight excluding hydrogens is 369 g/mol. The van der Waals surface area contributed by atoms with Crippen molar-refractivity contribution in [2.45, 2.75) is 32.7 Å². The number of H-pyrrole nitrogens is 1. The maximum absolute atomic E-state index is 14.2. The summed E-state index contributed by atoms with van der Waals surface area (Å²) in [7, 11) is 0. The molecule has 1 aliphatic heterocycles. The Kier molecular flexibility index (Phi) is 5.34. The number of likely N-dealkylation sites (tertiary alicyclic amines) is 1. The fourth-order valence-electron chi connectivity index (χ4n) is 3.88. The third-order valence-corrected chi connectivity index (χ3v) is 5.51. The Labute approximate surface area is 168 Å². The summed E-state index contributed by atoms with van der Waals surface area (Å²) in [5, 5.41) is 3.90. The number of hydrogen-bond acceptors (Lipinski definition) is 2. The molecule has 2 amide bonds. The Morgan fingerprint density at radius 1 is 1.21 bits per heavy atom. The van der Waals surface area contributed by atoms with Crippen LogP contribution in [0.1, 0.15) is 30.4 Å². The molecule has 0 saturated carbocycles. The number of rotatable bonds is 5. The number of carbonyl (C=O) groups is 2. The lowest BCUT2D eigenvalue weighted by Gasteiger charge is -2.25. The van der Waals surface area contributed by atoms with Crippen molar-refractivity contribution in [2.75, 3.05) is 13.1 Å². The van der Waals surface area contributed by atoms with Crippen LogP contribution in [0.2, 0.25) is 0 Å². The van der Waals surface area contributed by atoms with Gasteiger partial charge in [-0.25, -0.2) is 4.39 Å². The van der Waals surface area contributed by atoms with E-state index in [-0.39, 0.29) is 24.2 Å². The Morgan fingerprint density at radius 3 is 2.83 bits per heavy atom. The average Bonchev–Trinajstić information content (AvgIpc) is 3.04. The van der Waals surface area contributed by atoms with Crippen LogP contribution in [0.5, 0.6) is 0 Å². The van der Waals surface area contributed by atoms with Gasteiger partial charge in [0.15, 0.2) is 0 Å². The number of hydrogen-bond donors (Lipinski definition) is 2. The van der Waals surface area contributed by atoms with E-state index >= 15 is 0 Å². The number of aromatic nitrogens is 1. The van der Waals surface area contributed by atoms with E-state index in [1.165, 1.54) is 6.07 Å².